The van der Waals surface area contributed by atoms with E-state index in [0.29, 0.717) is 5.92 Å². The normalized spacial score (nSPS) is 16.7. The Labute approximate surface area is 202 Å². The van der Waals surface area contributed by atoms with Crippen molar-refractivity contribution in [3.63, 3.8) is 0 Å². The molecule has 0 saturated heterocycles. The van der Waals surface area contributed by atoms with Crippen LogP contribution < -0.4 is 0 Å². The van der Waals surface area contributed by atoms with Crippen LogP contribution in [0.3, 0.4) is 0 Å². The molecule has 0 heterocycles. The zero-order valence-corrected chi connectivity index (χ0v) is 21.2. The molecule has 0 N–H and O–H groups in total. The molecule has 2 aromatic carbocycles. The Morgan fingerprint density at radius 2 is 1.38 bits per heavy atom. The summed E-state index contributed by atoms with van der Waals surface area (Å²) in [5.41, 5.74) is 8.39. The van der Waals surface area contributed by atoms with E-state index in [0.717, 1.165) is 6.42 Å². The summed E-state index contributed by atoms with van der Waals surface area (Å²) in [5.74, 6) is 0.468. The van der Waals surface area contributed by atoms with Gasteiger partial charge in [-0.1, -0.05) is 43.6 Å². The minimum atomic E-state index is 0. The molecule has 0 aromatic heterocycles. The van der Waals surface area contributed by atoms with Gasteiger partial charge in [0.05, 0.1) is 0 Å². The van der Waals surface area contributed by atoms with Crippen molar-refractivity contribution in [2.24, 2.45) is 5.92 Å². The number of benzene rings is 2. The Kier molecular flexibility index (Phi) is 11.0. The van der Waals surface area contributed by atoms with Crippen LogP contribution in [-0.2, 0) is 24.2 Å². The van der Waals surface area contributed by atoms with Crippen molar-refractivity contribution in [1.82, 2.24) is 0 Å². The van der Waals surface area contributed by atoms with Gasteiger partial charge in [0, 0.05) is 0 Å². The van der Waals surface area contributed by atoms with Crippen molar-refractivity contribution in [3.8, 4) is 0 Å². The third kappa shape index (κ3) is 6.61. The molecule has 0 aliphatic heterocycles. The van der Waals surface area contributed by atoms with Gasteiger partial charge < -0.3 is 0 Å². The Hall–Kier alpha value is -1.27. The molecule has 2 aliphatic carbocycles. The van der Waals surface area contributed by atoms with Crippen LogP contribution in [0.5, 0.6) is 0 Å². The van der Waals surface area contributed by atoms with Gasteiger partial charge in [0.15, 0.2) is 0 Å². The summed E-state index contributed by atoms with van der Waals surface area (Å²) in [6.45, 7) is 6.57. The molecule has 2 aliphatic rings. The summed E-state index contributed by atoms with van der Waals surface area (Å²) >= 11 is 1.46. The maximum absolute atomic E-state index is 3.53. The first-order chi connectivity index (χ1) is 13.1. The Morgan fingerprint density at radius 1 is 0.862 bits per heavy atom. The van der Waals surface area contributed by atoms with Crippen LogP contribution in [0.2, 0.25) is 0 Å². The van der Waals surface area contributed by atoms with E-state index in [1.165, 1.54) is 60.9 Å². The fraction of sp³-hybridized carbons (Fsp3) is 0.192. The average Bonchev–Trinajstić information content (AvgIpc) is 3.34. The van der Waals surface area contributed by atoms with Crippen LogP contribution in [0, 0.1) is 12.0 Å². The van der Waals surface area contributed by atoms with E-state index < -0.39 is 0 Å². The second-order valence-corrected chi connectivity index (χ2v) is 8.22. The zero-order chi connectivity index (χ0) is 19.2. The first-order valence-corrected chi connectivity index (χ1v) is 10.6. The first-order valence-electron chi connectivity index (χ1n) is 9.40. The summed E-state index contributed by atoms with van der Waals surface area (Å²) in [4.78, 5) is 0. The van der Waals surface area contributed by atoms with Gasteiger partial charge in [-0.15, -0.1) is 31.7 Å². The SMILES string of the molecule is CC1=[C-]C(C2=CC=CC2)C(C)=C1C.Cl.Cl.[Zr]=[C](c1ccccc1)c1ccccc1. The number of hydrogen-bond acceptors (Lipinski definition) is 0. The topological polar surface area (TPSA) is 0 Å². The molecule has 3 heteroatoms. The van der Waals surface area contributed by atoms with E-state index in [2.05, 4.69) is 106 Å². The molecule has 0 nitrogen and oxygen atoms in total. The first kappa shape index (κ1) is 25.8. The van der Waals surface area contributed by atoms with E-state index in [1.54, 1.807) is 0 Å². The fourth-order valence-electron chi connectivity index (χ4n) is 3.37. The van der Waals surface area contributed by atoms with Gasteiger partial charge in [-0.25, -0.2) is 5.57 Å². The molecule has 0 bridgehead atoms. The van der Waals surface area contributed by atoms with Crippen LogP contribution >= 0.6 is 24.8 Å². The predicted octanol–water partition coefficient (Wildman–Crippen LogP) is 7.23. The van der Waals surface area contributed by atoms with Crippen LogP contribution in [0.4, 0.5) is 0 Å². The Morgan fingerprint density at radius 3 is 1.76 bits per heavy atom. The molecule has 150 valence electrons. The fourth-order valence-corrected chi connectivity index (χ4v) is 4.19. The number of halogens is 2. The van der Waals surface area contributed by atoms with Crippen molar-refractivity contribution >= 4 is 28.0 Å². The van der Waals surface area contributed by atoms with Crippen molar-refractivity contribution in [2.45, 2.75) is 27.2 Å². The third-order valence-electron chi connectivity index (χ3n) is 5.24. The van der Waals surface area contributed by atoms with Gasteiger partial charge in [0.25, 0.3) is 0 Å². The van der Waals surface area contributed by atoms with E-state index >= 15 is 0 Å². The molecule has 0 fully saturated rings. The summed E-state index contributed by atoms with van der Waals surface area (Å²) < 4.78 is 1.42. The molecule has 0 saturated carbocycles. The molecule has 4 rings (SSSR count). The number of hydrogen-bond donors (Lipinski definition) is 0. The van der Waals surface area contributed by atoms with Crippen molar-refractivity contribution < 1.29 is 24.2 Å². The van der Waals surface area contributed by atoms with E-state index in [-0.39, 0.29) is 24.8 Å². The van der Waals surface area contributed by atoms with Gasteiger partial charge >= 0.3 is 99.2 Å². The summed E-state index contributed by atoms with van der Waals surface area (Å²) in [6, 6.07) is 21.1. The third-order valence-corrected chi connectivity index (χ3v) is 6.66. The summed E-state index contributed by atoms with van der Waals surface area (Å²) in [6.07, 6.45) is 11.2. The predicted molar refractivity (Wildman–Crippen MR) is 127 cm³/mol. The molecule has 1 unspecified atom stereocenters. The summed E-state index contributed by atoms with van der Waals surface area (Å²) in [7, 11) is 0. The number of rotatable bonds is 3. The van der Waals surface area contributed by atoms with Gasteiger partial charge in [-0.2, -0.15) is 11.1 Å². The van der Waals surface area contributed by atoms with Gasteiger partial charge in [0.2, 0.25) is 0 Å². The average molecular weight is 502 g/mol. The monoisotopic (exact) mass is 499 g/mol. The Bertz CT molecular complexity index is 894. The molecule has 0 amide bonds. The van der Waals surface area contributed by atoms with Crippen molar-refractivity contribution in [1.29, 1.82) is 0 Å². The maximum atomic E-state index is 3.53. The molecule has 0 radical (unpaired) electrons. The number of allylic oxidation sites excluding steroid dienone is 8. The summed E-state index contributed by atoms with van der Waals surface area (Å²) in [5, 5.41) is 0. The van der Waals surface area contributed by atoms with Crippen molar-refractivity contribution in [3.05, 3.63) is 118 Å². The quantitative estimate of drug-likeness (QED) is 0.389. The van der Waals surface area contributed by atoms with Crippen LogP contribution in [0.1, 0.15) is 38.3 Å². The van der Waals surface area contributed by atoms with Crippen LogP contribution in [-0.4, -0.2) is 3.21 Å². The van der Waals surface area contributed by atoms with E-state index in [4.69, 9.17) is 0 Å². The molecule has 29 heavy (non-hydrogen) atoms. The van der Waals surface area contributed by atoms with Crippen LogP contribution in [0.15, 0.2) is 101 Å². The molecule has 0 spiro atoms. The second-order valence-electron chi connectivity index (χ2n) is 6.99. The van der Waals surface area contributed by atoms with E-state index in [9.17, 15) is 0 Å². The van der Waals surface area contributed by atoms with Crippen LogP contribution in [0.25, 0.3) is 0 Å². The standard InChI is InChI=1S/C13H15.C13H10.2ClH.Zr/c1-9-8-13(11(3)10(9)2)12-6-4-5-7-12;1-3-7-12(8-4-1)11-13-9-5-2-6-10-13;;;/h4-6,13H,7H2,1-3H3;1-10H;2*1H;/q-1;;;;. The Balaban J connectivity index is 0.000000272. The van der Waals surface area contributed by atoms with E-state index in [1.807, 2.05) is 0 Å². The van der Waals surface area contributed by atoms with Gasteiger partial charge in [-0.3, -0.25) is 6.08 Å². The van der Waals surface area contributed by atoms with Gasteiger partial charge in [0.1, 0.15) is 0 Å². The molecule has 2 aromatic rings. The second kappa shape index (κ2) is 12.4. The minimum absolute atomic E-state index is 0. The van der Waals surface area contributed by atoms with Crippen molar-refractivity contribution in [2.75, 3.05) is 0 Å². The molecule has 1 atom stereocenters. The molecular formula is C26H27Cl2Zr-. The molecular weight excluding hydrogens is 474 g/mol. The zero-order valence-electron chi connectivity index (χ0n) is 17.1. The van der Waals surface area contributed by atoms with Gasteiger partial charge in [-0.05, 0) is 6.42 Å².